The minimum Gasteiger partial charge on any atom is -0.381 e. The van der Waals surface area contributed by atoms with Gasteiger partial charge in [-0.2, -0.15) is 0 Å². The summed E-state index contributed by atoms with van der Waals surface area (Å²) in [5.41, 5.74) is 0. The van der Waals surface area contributed by atoms with Gasteiger partial charge in [-0.3, -0.25) is 0 Å². The summed E-state index contributed by atoms with van der Waals surface area (Å²) in [5.74, 6) is 0. The standard InChI is InChI=1S/C13H25N3OS/c1-4-8-14-11(6-3)13-16-15-12(18-13)7-10-17-9-5-2/h11,14H,4-10H2,1-3H3. The Morgan fingerprint density at radius 2 is 2.00 bits per heavy atom. The molecular weight excluding hydrogens is 246 g/mol. The molecule has 4 nitrogen and oxygen atoms in total. The van der Waals surface area contributed by atoms with Gasteiger partial charge < -0.3 is 10.1 Å². The second-order valence-corrected chi connectivity index (χ2v) is 5.41. The van der Waals surface area contributed by atoms with Crippen LogP contribution >= 0.6 is 11.3 Å². The van der Waals surface area contributed by atoms with E-state index in [-0.39, 0.29) is 0 Å². The van der Waals surface area contributed by atoms with E-state index < -0.39 is 0 Å². The van der Waals surface area contributed by atoms with Gasteiger partial charge in [-0.05, 0) is 25.8 Å². The van der Waals surface area contributed by atoms with Gasteiger partial charge in [0, 0.05) is 13.0 Å². The van der Waals surface area contributed by atoms with Crippen molar-refractivity contribution in [3.63, 3.8) is 0 Å². The highest BCUT2D eigenvalue weighted by Gasteiger charge is 2.13. The van der Waals surface area contributed by atoms with E-state index >= 15 is 0 Å². The first-order valence-electron chi connectivity index (χ1n) is 6.95. The molecule has 1 rings (SSSR count). The van der Waals surface area contributed by atoms with Gasteiger partial charge in [0.15, 0.2) is 0 Å². The van der Waals surface area contributed by atoms with Gasteiger partial charge in [0.1, 0.15) is 10.0 Å². The number of ether oxygens (including phenoxy) is 1. The number of nitrogens with zero attached hydrogens (tertiary/aromatic N) is 2. The largest absolute Gasteiger partial charge is 0.381 e. The van der Waals surface area contributed by atoms with E-state index in [9.17, 15) is 0 Å². The molecule has 0 aliphatic rings. The number of rotatable bonds is 10. The zero-order chi connectivity index (χ0) is 13.2. The average Bonchev–Trinajstić information content (AvgIpc) is 2.84. The van der Waals surface area contributed by atoms with E-state index in [0.29, 0.717) is 6.04 Å². The lowest BCUT2D eigenvalue weighted by molar-refractivity contribution is 0.138. The first-order chi connectivity index (χ1) is 8.81. The first-order valence-corrected chi connectivity index (χ1v) is 7.76. The lowest BCUT2D eigenvalue weighted by Gasteiger charge is -2.12. The fraction of sp³-hybridized carbons (Fsp3) is 0.846. The molecule has 0 saturated heterocycles. The van der Waals surface area contributed by atoms with Crippen LogP contribution in [0.25, 0.3) is 0 Å². The molecule has 0 aliphatic heterocycles. The minimum absolute atomic E-state index is 0.354. The van der Waals surface area contributed by atoms with Gasteiger partial charge in [-0.1, -0.05) is 32.1 Å². The normalized spacial score (nSPS) is 12.8. The Hall–Kier alpha value is -0.520. The third-order valence-corrected chi connectivity index (χ3v) is 3.73. The molecule has 104 valence electrons. The van der Waals surface area contributed by atoms with E-state index in [2.05, 4.69) is 36.3 Å². The summed E-state index contributed by atoms with van der Waals surface area (Å²) in [4.78, 5) is 0. The van der Waals surface area contributed by atoms with Crippen molar-refractivity contribution in [2.75, 3.05) is 19.8 Å². The van der Waals surface area contributed by atoms with Crippen molar-refractivity contribution in [3.8, 4) is 0 Å². The number of hydrogen-bond donors (Lipinski definition) is 1. The van der Waals surface area contributed by atoms with E-state index in [1.54, 1.807) is 11.3 Å². The maximum absolute atomic E-state index is 5.47. The highest BCUT2D eigenvalue weighted by Crippen LogP contribution is 2.21. The highest BCUT2D eigenvalue weighted by atomic mass is 32.1. The van der Waals surface area contributed by atoms with E-state index in [1.165, 1.54) is 0 Å². The second-order valence-electron chi connectivity index (χ2n) is 4.31. The Morgan fingerprint density at radius 1 is 1.17 bits per heavy atom. The second kappa shape index (κ2) is 9.42. The molecule has 0 radical (unpaired) electrons. The summed E-state index contributed by atoms with van der Waals surface area (Å²) in [5, 5.41) is 14.2. The summed E-state index contributed by atoms with van der Waals surface area (Å²) in [7, 11) is 0. The van der Waals surface area contributed by atoms with Crippen molar-refractivity contribution in [1.29, 1.82) is 0 Å². The first kappa shape index (κ1) is 15.5. The molecule has 5 heteroatoms. The SMILES string of the molecule is CCCNC(CC)c1nnc(CCOCCC)s1. The molecule has 0 aromatic carbocycles. The molecule has 0 amide bonds. The molecule has 1 atom stereocenters. The number of nitrogens with one attached hydrogen (secondary N) is 1. The molecule has 1 aromatic heterocycles. The molecule has 1 aromatic rings. The Bertz CT molecular complexity index is 317. The van der Waals surface area contributed by atoms with Gasteiger partial charge in [-0.15, -0.1) is 10.2 Å². The van der Waals surface area contributed by atoms with Crippen LogP contribution in [-0.2, 0) is 11.2 Å². The third-order valence-electron chi connectivity index (χ3n) is 2.64. The lowest BCUT2D eigenvalue weighted by Crippen LogP contribution is -2.21. The van der Waals surface area contributed by atoms with Crippen molar-refractivity contribution in [2.45, 2.75) is 52.5 Å². The molecule has 0 bridgehead atoms. The topological polar surface area (TPSA) is 47.0 Å². The van der Waals surface area contributed by atoms with Crippen LogP contribution in [-0.4, -0.2) is 30.0 Å². The fourth-order valence-electron chi connectivity index (χ4n) is 1.64. The minimum atomic E-state index is 0.354. The van der Waals surface area contributed by atoms with Crippen LogP contribution in [0.15, 0.2) is 0 Å². The van der Waals surface area contributed by atoms with Gasteiger partial charge >= 0.3 is 0 Å². The van der Waals surface area contributed by atoms with E-state index in [1.807, 2.05) is 0 Å². The molecular formula is C13H25N3OS. The van der Waals surface area contributed by atoms with Crippen LogP contribution in [0.4, 0.5) is 0 Å². The van der Waals surface area contributed by atoms with Crippen LogP contribution in [0.2, 0.25) is 0 Å². The molecule has 1 N–H and O–H groups in total. The van der Waals surface area contributed by atoms with Crippen LogP contribution in [0.1, 0.15) is 56.1 Å². The Morgan fingerprint density at radius 3 is 2.67 bits per heavy atom. The Labute approximate surface area is 114 Å². The molecule has 0 spiro atoms. The summed E-state index contributed by atoms with van der Waals surface area (Å²) in [6.45, 7) is 9.10. The predicted octanol–water partition coefficient (Wildman–Crippen LogP) is 2.96. The van der Waals surface area contributed by atoms with Crippen LogP contribution < -0.4 is 5.32 Å². The summed E-state index contributed by atoms with van der Waals surface area (Å²) in [6.07, 6.45) is 4.15. The van der Waals surface area contributed by atoms with Gasteiger partial charge in [0.2, 0.25) is 0 Å². The summed E-state index contributed by atoms with van der Waals surface area (Å²) >= 11 is 1.71. The van der Waals surface area contributed by atoms with E-state index in [4.69, 9.17) is 4.74 Å². The van der Waals surface area contributed by atoms with Gasteiger partial charge in [0.25, 0.3) is 0 Å². The van der Waals surface area contributed by atoms with Crippen molar-refractivity contribution in [2.24, 2.45) is 0 Å². The maximum Gasteiger partial charge on any atom is 0.134 e. The van der Waals surface area contributed by atoms with Gasteiger partial charge in [-0.25, -0.2) is 0 Å². The zero-order valence-corrected chi connectivity index (χ0v) is 12.6. The predicted molar refractivity (Wildman–Crippen MR) is 76.0 cm³/mol. The van der Waals surface area contributed by atoms with Crippen molar-refractivity contribution in [1.82, 2.24) is 15.5 Å². The third kappa shape index (κ3) is 5.42. The fourth-order valence-corrected chi connectivity index (χ4v) is 2.62. The summed E-state index contributed by atoms with van der Waals surface area (Å²) in [6, 6.07) is 0.354. The van der Waals surface area contributed by atoms with Crippen LogP contribution in [0, 0.1) is 0 Å². The highest BCUT2D eigenvalue weighted by molar-refractivity contribution is 7.11. The smallest absolute Gasteiger partial charge is 0.134 e. The molecule has 1 unspecified atom stereocenters. The lowest BCUT2D eigenvalue weighted by atomic mass is 10.2. The van der Waals surface area contributed by atoms with Crippen molar-refractivity contribution >= 4 is 11.3 Å². The maximum atomic E-state index is 5.47. The monoisotopic (exact) mass is 271 g/mol. The molecule has 0 saturated carbocycles. The van der Waals surface area contributed by atoms with Crippen LogP contribution in [0.5, 0.6) is 0 Å². The van der Waals surface area contributed by atoms with Crippen molar-refractivity contribution < 1.29 is 4.74 Å². The molecule has 0 aliphatic carbocycles. The zero-order valence-electron chi connectivity index (χ0n) is 11.7. The Balaban J connectivity index is 2.40. The molecule has 0 fully saturated rings. The molecule has 18 heavy (non-hydrogen) atoms. The Kier molecular flexibility index (Phi) is 8.13. The average molecular weight is 271 g/mol. The van der Waals surface area contributed by atoms with Gasteiger partial charge in [0.05, 0.1) is 12.6 Å². The quantitative estimate of drug-likeness (QED) is 0.665. The molecule has 1 heterocycles. The van der Waals surface area contributed by atoms with Crippen LogP contribution in [0.3, 0.4) is 0 Å². The van der Waals surface area contributed by atoms with Crippen molar-refractivity contribution in [3.05, 3.63) is 10.0 Å². The number of hydrogen-bond acceptors (Lipinski definition) is 5. The summed E-state index contributed by atoms with van der Waals surface area (Å²) < 4.78 is 5.47. The van der Waals surface area contributed by atoms with E-state index in [0.717, 1.165) is 55.5 Å². The number of aromatic nitrogens is 2.